The summed E-state index contributed by atoms with van der Waals surface area (Å²) in [5, 5.41) is 2.81. The van der Waals surface area contributed by atoms with Gasteiger partial charge in [-0.1, -0.05) is 23.1 Å². The maximum Gasteiger partial charge on any atom is 0.235 e. The lowest BCUT2D eigenvalue weighted by Gasteiger charge is -2.29. The van der Waals surface area contributed by atoms with Gasteiger partial charge >= 0.3 is 0 Å². The average molecular weight is 407 g/mol. The molecule has 0 bridgehead atoms. The van der Waals surface area contributed by atoms with Crippen LogP contribution in [0.15, 0.2) is 50.6 Å². The first-order chi connectivity index (χ1) is 13.2. The van der Waals surface area contributed by atoms with Gasteiger partial charge in [0, 0.05) is 49.9 Å². The number of hydrogen-bond acceptors (Lipinski definition) is 6. The number of hydrogen-bond donors (Lipinski definition) is 0. The van der Waals surface area contributed by atoms with Crippen LogP contribution >= 0.6 is 9.24 Å². The molecule has 3 atom stereocenters. The summed E-state index contributed by atoms with van der Waals surface area (Å²) in [5.41, 5.74) is 2.79. The summed E-state index contributed by atoms with van der Waals surface area (Å²) in [6, 6.07) is 0.233. The number of rotatable bonds is 9. The lowest BCUT2D eigenvalue weighted by Crippen LogP contribution is -2.38. The summed E-state index contributed by atoms with van der Waals surface area (Å²) < 4.78 is 20.0. The van der Waals surface area contributed by atoms with Gasteiger partial charge in [-0.2, -0.15) is 0 Å². The summed E-state index contributed by atoms with van der Waals surface area (Å²) in [6.45, 7) is 11.5. The number of fused-ring (bicyclic) bond motifs is 1. The highest BCUT2D eigenvalue weighted by atomic mass is 31.0. The van der Waals surface area contributed by atoms with Crippen molar-refractivity contribution in [1.29, 1.82) is 0 Å². The molecule has 8 heteroatoms. The van der Waals surface area contributed by atoms with Crippen LogP contribution < -0.4 is 0 Å². The molecule has 2 rings (SSSR count). The zero-order valence-electron chi connectivity index (χ0n) is 17.4. The van der Waals surface area contributed by atoms with Crippen molar-refractivity contribution >= 4 is 27.9 Å². The molecule has 0 N–H and O–H groups in total. The van der Waals surface area contributed by atoms with E-state index in [-0.39, 0.29) is 18.6 Å². The van der Waals surface area contributed by atoms with Crippen molar-refractivity contribution in [2.45, 2.75) is 45.6 Å². The molecular weight excluding hydrogens is 376 g/mol. The van der Waals surface area contributed by atoms with E-state index < -0.39 is 5.41 Å². The second-order valence-electron chi connectivity index (χ2n) is 7.34. The quantitative estimate of drug-likeness (QED) is 0.330. The first-order valence-electron chi connectivity index (χ1n) is 9.40. The average Bonchev–Trinajstić information content (AvgIpc) is 2.98. The van der Waals surface area contributed by atoms with Gasteiger partial charge in [-0.15, -0.1) is 0 Å². The molecule has 0 spiro atoms. The fraction of sp³-hybridized carbons (Fsp3) is 0.550. The zero-order chi connectivity index (χ0) is 20.9. The first-order valence-corrected chi connectivity index (χ1v) is 9.98. The van der Waals surface area contributed by atoms with Gasteiger partial charge in [-0.25, -0.2) is 14.4 Å². The maximum absolute atomic E-state index is 14.4. The summed E-state index contributed by atoms with van der Waals surface area (Å²) in [7, 11) is 4.27. The highest BCUT2D eigenvalue weighted by molar-refractivity contribution is 7.18. The van der Waals surface area contributed by atoms with Gasteiger partial charge in [0.15, 0.2) is 5.41 Å². The van der Waals surface area contributed by atoms with E-state index in [1.54, 1.807) is 13.1 Å². The molecule has 28 heavy (non-hydrogen) atoms. The third-order valence-electron chi connectivity index (χ3n) is 5.00. The third-order valence-corrected chi connectivity index (χ3v) is 5.83. The number of nitrogens with zero attached hydrogens (tertiary/aromatic N) is 5. The lowest BCUT2D eigenvalue weighted by atomic mass is 10.0. The van der Waals surface area contributed by atoms with E-state index in [1.807, 2.05) is 27.0 Å². The Balaban J connectivity index is 1.95. The van der Waals surface area contributed by atoms with Crippen LogP contribution in [0.3, 0.4) is 0 Å². The molecule has 0 aromatic carbocycles. The van der Waals surface area contributed by atoms with Crippen LogP contribution in [-0.2, 0) is 4.74 Å². The van der Waals surface area contributed by atoms with E-state index in [2.05, 4.69) is 60.3 Å². The standard InChI is InChI=1S/C20H31FN5OP/c1-14(2)20(21,28)13-27-19(16(4)22-5)24-9-7-11-26-12-17-15(3)23-10-8-18(17)25(26)6/h8-10,12,14,18H,5,7,11,13,28H2,1-4,6H3/b19-16+,24-9-. The van der Waals surface area contributed by atoms with Crippen LogP contribution in [-0.4, -0.2) is 60.3 Å². The molecule has 2 heterocycles. The minimum absolute atomic E-state index is 0.109. The Morgan fingerprint density at radius 1 is 1.54 bits per heavy atom. The minimum Gasteiger partial charge on any atom is -0.473 e. The van der Waals surface area contributed by atoms with E-state index in [9.17, 15) is 4.39 Å². The highest BCUT2D eigenvalue weighted by Gasteiger charge is 2.31. The van der Waals surface area contributed by atoms with E-state index in [1.165, 1.54) is 5.57 Å². The molecule has 0 radical (unpaired) electrons. The first kappa shape index (κ1) is 22.4. The van der Waals surface area contributed by atoms with Crippen LogP contribution in [0.1, 0.15) is 34.1 Å². The van der Waals surface area contributed by atoms with Crippen molar-refractivity contribution in [2.75, 3.05) is 20.2 Å². The summed E-state index contributed by atoms with van der Waals surface area (Å²) in [6.07, 6.45) is 8.53. The Morgan fingerprint density at radius 3 is 2.86 bits per heavy atom. The Kier molecular flexibility index (Phi) is 7.67. The molecule has 0 aliphatic carbocycles. The molecule has 0 saturated carbocycles. The van der Waals surface area contributed by atoms with Crippen molar-refractivity contribution in [3.63, 3.8) is 0 Å². The van der Waals surface area contributed by atoms with Crippen molar-refractivity contribution in [2.24, 2.45) is 20.9 Å². The van der Waals surface area contributed by atoms with Gasteiger partial charge in [-0.3, -0.25) is 9.98 Å². The van der Waals surface area contributed by atoms with Crippen molar-refractivity contribution in [3.05, 3.63) is 35.6 Å². The van der Waals surface area contributed by atoms with Gasteiger partial charge in [0.25, 0.3) is 0 Å². The predicted molar refractivity (Wildman–Crippen MR) is 118 cm³/mol. The molecular formula is C20H31FN5OP. The number of alkyl halides is 1. The van der Waals surface area contributed by atoms with Crippen molar-refractivity contribution in [1.82, 2.24) is 10.0 Å². The molecule has 2 aliphatic rings. The molecule has 0 amide bonds. The topological polar surface area (TPSA) is 52.8 Å². The minimum atomic E-state index is -1.52. The number of ether oxygens (including phenoxy) is 1. The number of aliphatic imine (C=N–C) groups is 3. The third kappa shape index (κ3) is 5.36. The second kappa shape index (κ2) is 9.57. The Bertz CT molecular complexity index is 739. The zero-order valence-corrected chi connectivity index (χ0v) is 18.5. The number of hydrazine groups is 1. The largest absolute Gasteiger partial charge is 0.473 e. The van der Waals surface area contributed by atoms with E-state index in [4.69, 9.17) is 4.74 Å². The molecule has 0 fully saturated rings. The van der Waals surface area contributed by atoms with E-state index in [0.717, 1.165) is 12.3 Å². The number of halogens is 1. The molecule has 154 valence electrons. The van der Waals surface area contributed by atoms with E-state index in [0.29, 0.717) is 18.0 Å². The molecule has 2 aliphatic heterocycles. The van der Waals surface area contributed by atoms with Gasteiger partial charge < -0.3 is 9.75 Å². The van der Waals surface area contributed by atoms with Gasteiger partial charge in [-0.05, 0) is 32.6 Å². The van der Waals surface area contributed by atoms with Crippen LogP contribution in [0, 0.1) is 5.92 Å². The van der Waals surface area contributed by atoms with Crippen LogP contribution in [0.4, 0.5) is 4.39 Å². The predicted octanol–water partition coefficient (Wildman–Crippen LogP) is 3.95. The summed E-state index contributed by atoms with van der Waals surface area (Å²) in [5.74, 6) is 0.107. The molecule has 6 nitrogen and oxygen atoms in total. The maximum atomic E-state index is 14.4. The Hall–Kier alpha value is -1.85. The summed E-state index contributed by atoms with van der Waals surface area (Å²) >= 11 is 0. The van der Waals surface area contributed by atoms with Gasteiger partial charge in [0.2, 0.25) is 5.88 Å². The monoisotopic (exact) mass is 407 g/mol. The van der Waals surface area contributed by atoms with Crippen LogP contribution in [0.5, 0.6) is 0 Å². The Morgan fingerprint density at radius 2 is 2.25 bits per heavy atom. The van der Waals surface area contributed by atoms with Gasteiger partial charge in [0.05, 0.1) is 11.7 Å². The smallest absolute Gasteiger partial charge is 0.235 e. The van der Waals surface area contributed by atoms with Crippen LogP contribution in [0.2, 0.25) is 0 Å². The number of likely N-dealkylation sites (N-methyl/N-ethyl adjacent to an activating group) is 1. The molecule has 0 aromatic heterocycles. The van der Waals surface area contributed by atoms with Crippen molar-refractivity contribution < 1.29 is 9.13 Å². The Labute approximate surface area is 169 Å². The fourth-order valence-electron chi connectivity index (χ4n) is 2.74. The number of allylic oxidation sites excluding steroid dienone is 1. The molecule has 0 aromatic rings. The van der Waals surface area contributed by atoms with E-state index >= 15 is 0 Å². The normalized spacial score (nSPS) is 22.7. The van der Waals surface area contributed by atoms with Gasteiger partial charge in [0.1, 0.15) is 6.61 Å². The highest BCUT2D eigenvalue weighted by Crippen LogP contribution is 2.31. The SMILES string of the molecule is C=N/C(C)=C(\N=C/CCN1C=C2C(C)=NC=CC2N1C)OCC(F)(P)C(C)C. The summed E-state index contributed by atoms with van der Waals surface area (Å²) in [4.78, 5) is 12.6. The second-order valence-corrected chi connectivity index (χ2v) is 8.30. The lowest BCUT2D eigenvalue weighted by molar-refractivity contribution is 0.0637. The van der Waals surface area contributed by atoms with Crippen molar-refractivity contribution in [3.8, 4) is 0 Å². The van der Waals surface area contributed by atoms with Crippen LogP contribution in [0.25, 0.3) is 0 Å². The molecule has 0 saturated heterocycles. The molecule has 3 unspecified atom stereocenters. The fourth-order valence-corrected chi connectivity index (χ4v) is 2.83.